The average molecular weight is 389 g/mol. The van der Waals surface area contributed by atoms with Gasteiger partial charge in [-0.15, -0.1) is 0 Å². The van der Waals surface area contributed by atoms with Crippen LogP contribution in [0.4, 0.5) is 0 Å². The van der Waals surface area contributed by atoms with Gasteiger partial charge >= 0.3 is 0 Å². The summed E-state index contributed by atoms with van der Waals surface area (Å²) in [5.41, 5.74) is 5.39. The van der Waals surface area contributed by atoms with Crippen LogP contribution in [0.5, 0.6) is 0 Å². The Morgan fingerprint density at radius 2 is 1.68 bits per heavy atom. The van der Waals surface area contributed by atoms with Gasteiger partial charge in [-0.25, -0.2) is 0 Å². The van der Waals surface area contributed by atoms with Gasteiger partial charge in [0.15, 0.2) is 5.82 Å². The van der Waals surface area contributed by atoms with E-state index in [1.165, 1.54) is 38.5 Å². The minimum absolute atomic E-state index is 0.0474. The molecule has 0 saturated heterocycles. The molecule has 2 amide bonds. The van der Waals surface area contributed by atoms with Crippen LogP contribution in [-0.2, 0) is 16.0 Å². The Kier molecular flexibility index (Phi) is 5.43. The van der Waals surface area contributed by atoms with Crippen molar-refractivity contribution in [1.82, 2.24) is 21.0 Å². The van der Waals surface area contributed by atoms with Gasteiger partial charge in [0.1, 0.15) is 0 Å². The van der Waals surface area contributed by atoms with Crippen LogP contribution in [0.15, 0.2) is 4.52 Å². The normalized spacial score (nSPS) is 30.6. The second kappa shape index (κ2) is 7.84. The number of hydrogen-bond donors (Lipinski definition) is 2. The molecule has 0 aromatic carbocycles. The summed E-state index contributed by atoms with van der Waals surface area (Å²) in [5.74, 6) is 3.73. The second-order valence-electron chi connectivity index (χ2n) is 9.75. The fraction of sp³-hybridized carbons (Fsp3) is 0.810. The molecule has 0 radical (unpaired) electrons. The van der Waals surface area contributed by atoms with Crippen molar-refractivity contribution in [2.75, 3.05) is 0 Å². The molecule has 28 heavy (non-hydrogen) atoms. The van der Waals surface area contributed by atoms with Gasteiger partial charge < -0.3 is 4.52 Å². The molecule has 0 atom stereocenters. The van der Waals surface area contributed by atoms with Gasteiger partial charge in [-0.05, 0) is 68.1 Å². The van der Waals surface area contributed by atoms with Crippen molar-refractivity contribution in [3.8, 4) is 0 Å². The highest BCUT2D eigenvalue weighted by atomic mass is 16.5. The van der Waals surface area contributed by atoms with Crippen molar-refractivity contribution >= 4 is 11.8 Å². The first-order valence-electron chi connectivity index (χ1n) is 10.8. The molecule has 154 valence electrons. The van der Waals surface area contributed by atoms with E-state index in [1.807, 2.05) is 13.8 Å². The number of nitrogens with one attached hydrogen (secondary N) is 2. The lowest BCUT2D eigenvalue weighted by Crippen LogP contribution is -2.50. The van der Waals surface area contributed by atoms with E-state index in [9.17, 15) is 9.59 Å². The molecule has 4 bridgehead atoms. The number of aryl methyl sites for hydroxylation is 1. The lowest BCUT2D eigenvalue weighted by Gasteiger charge is -2.56. The third-order valence-corrected chi connectivity index (χ3v) is 6.84. The summed E-state index contributed by atoms with van der Waals surface area (Å²) in [6.07, 6.45) is 9.75. The maximum atomic E-state index is 12.4. The molecule has 1 aromatic heterocycles. The fourth-order valence-corrected chi connectivity index (χ4v) is 6.10. The summed E-state index contributed by atoms with van der Waals surface area (Å²) >= 11 is 0. The van der Waals surface area contributed by atoms with Gasteiger partial charge in [0.25, 0.3) is 0 Å². The number of hydrazine groups is 1. The third kappa shape index (κ3) is 4.39. The summed E-state index contributed by atoms with van der Waals surface area (Å²) in [6.45, 7) is 4.02. The molecule has 0 spiro atoms. The second-order valence-corrected chi connectivity index (χ2v) is 9.75. The van der Waals surface area contributed by atoms with Gasteiger partial charge in [-0.2, -0.15) is 4.98 Å². The number of hydrogen-bond acceptors (Lipinski definition) is 5. The van der Waals surface area contributed by atoms with Crippen molar-refractivity contribution in [3.63, 3.8) is 0 Å². The molecule has 7 nitrogen and oxygen atoms in total. The third-order valence-electron chi connectivity index (χ3n) is 6.84. The van der Waals surface area contributed by atoms with E-state index in [0.29, 0.717) is 37.4 Å². The van der Waals surface area contributed by atoms with E-state index in [1.54, 1.807) is 0 Å². The Hall–Kier alpha value is -1.92. The zero-order chi connectivity index (χ0) is 19.7. The number of aromatic nitrogens is 2. The van der Waals surface area contributed by atoms with E-state index >= 15 is 0 Å². The predicted octanol–water partition coefficient (Wildman–Crippen LogP) is 3.27. The largest absolute Gasteiger partial charge is 0.339 e. The van der Waals surface area contributed by atoms with Crippen LogP contribution in [0.25, 0.3) is 0 Å². The molecule has 4 aliphatic carbocycles. The zero-order valence-electron chi connectivity index (χ0n) is 17.0. The smallest absolute Gasteiger partial charge is 0.238 e. The lowest BCUT2D eigenvalue weighted by molar-refractivity contribution is -0.134. The summed E-state index contributed by atoms with van der Waals surface area (Å²) in [6, 6.07) is 0. The standard InChI is InChI=1S/C21H32N4O3/c1-13(2)20-22-19(28-25-20)5-3-4-17(26)23-24-18(27)12-21-9-14-6-15(10-21)8-16(7-14)11-21/h13-16H,3-12H2,1-2H3,(H,23,26)(H,24,27). The van der Waals surface area contributed by atoms with Crippen molar-refractivity contribution < 1.29 is 14.1 Å². The number of rotatable bonds is 7. The van der Waals surface area contributed by atoms with Crippen molar-refractivity contribution in [1.29, 1.82) is 0 Å². The quantitative estimate of drug-likeness (QED) is 0.699. The molecule has 4 fully saturated rings. The number of amides is 2. The van der Waals surface area contributed by atoms with Crippen LogP contribution in [-0.4, -0.2) is 22.0 Å². The highest BCUT2D eigenvalue weighted by Crippen LogP contribution is 2.61. The summed E-state index contributed by atoms with van der Waals surface area (Å²) < 4.78 is 5.18. The van der Waals surface area contributed by atoms with Crippen molar-refractivity contribution in [3.05, 3.63) is 11.7 Å². The summed E-state index contributed by atoms with van der Waals surface area (Å²) in [7, 11) is 0. The first-order valence-corrected chi connectivity index (χ1v) is 10.8. The van der Waals surface area contributed by atoms with Gasteiger partial charge in [-0.3, -0.25) is 20.4 Å². The Morgan fingerprint density at radius 1 is 1.07 bits per heavy atom. The number of carbonyl (C=O) groups is 2. The molecule has 7 heteroatoms. The molecule has 4 aliphatic rings. The van der Waals surface area contributed by atoms with Gasteiger partial charge in [0.05, 0.1) is 0 Å². The van der Waals surface area contributed by atoms with Crippen molar-refractivity contribution in [2.24, 2.45) is 23.2 Å². The number of carbonyl (C=O) groups excluding carboxylic acids is 2. The van der Waals surface area contributed by atoms with Crippen molar-refractivity contribution in [2.45, 2.75) is 84.0 Å². The zero-order valence-corrected chi connectivity index (χ0v) is 17.0. The molecule has 0 unspecified atom stereocenters. The van der Waals surface area contributed by atoms with E-state index in [2.05, 4.69) is 21.0 Å². The maximum Gasteiger partial charge on any atom is 0.238 e. The highest BCUT2D eigenvalue weighted by molar-refractivity contribution is 5.82. The Morgan fingerprint density at radius 3 is 2.25 bits per heavy atom. The van der Waals surface area contributed by atoms with E-state index in [0.717, 1.165) is 17.8 Å². The Bertz CT molecular complexity index is 692. The molecule has 5 rings (SSSR count). The van der Waals surface area contributed by atoms with Gasteiger partial charge in [-0.1, -0.05) is 19.0 Å². The van der Waals surface area contributed by atoms with Gasteiger partial charge in [0, 0.05) is 25.2 Å². The minimum Gasteiger partial charge on any atom is -0.339 e. The number of nitrogens with zero attached hydrogens (tertiary/aromatic N) is 2. The van der Waals surface area contributed by atoms with Crippen LogP contribution in [0.3, 0.4) is 0 Å². The molecule has 1 heterocycles. The molecule has 4 saturated carbocycles. The highest BCUT2D eigenvalue weighted by Gasteiger charge is 2.51. The molecular formula is C21H32N4O3. The molecule has 2 N–H and O–H groups in total. The van der Waals surface area contributed by atoms with E-state index in [4.69, 9.17) is 4.52 Å². The van der Waals surface area contributed by atoms with Crippen LogP contribution in [0.2, 0.25) is 0 Å². The average Bonchev–Trinajstić information content (AvgIpc) is 3.07. The SMILES string of the molecule is CC(C)c1noc(CCCC(=O)NNC(=O)CC23CC4CC(CC(C4)C2)C3)n1. The van der Waals surface area contributed by atoms with E-state index < -0.39 is 0 Å². The topological polar surface area (TPSA) is 97.1 Å². The predicted molar refractivity (Wildman–Crippen MR) is 103 cm³/mol. The maximum absolute atomic E-state index is 12.4. The monoisotopic (exact) mass is 388 g/mol. The Balaban J connectivity index is 1.16. The lowest BCUT2D eigenvalue weighted by atomic mass is 9.49. The van der Waals surface area contributed by atoms with Gasteiger partial charge in [0.2, 0.25) is 17.7 Å². The van der Waals surface area contributed by atoms with Crippen LogP contribution < -0.4 is 10.9 Å². The summed E-state index contributed by atoms with van der Waals surface area (Å²) in [4.78, 5) is 28.8. The first-order chi connectivity index (χ1) is 13.4. The van der Waals surface area contributed by atoms with Crippen LogP contribution in [0, 0.1) is 23.2 Å². The van der Waals surface area contributed by atoms with E-state index in [-0.39, 0.29) is 23.1 Å². The molecule has 1 aromatic rings. The summed E-state index contributed by atoms with van der Waals surface area (Å²) in [5, 5.41) is 3.92. The molecule has 0 aliphatic heterocycles. The van der Waals surface area contributed by atoms with Crippen LogP contribution in [0.1, 0.15) is 89.3 Å². The minimum atomic E-state index is -0.178. The molecular weight excluding hydrogens is 356 g/mol. The first kappa shape index (κ1) is 19.4. The Labute approximate surface area is 166 Å². The van der Waals surface area contributed by atoms with Crippen LogP contribution >= 0.6 is 0 Å². The fourth-order valence-electron chi connectivity index (χ4n) is 6.10.